The van der Waals surface area contributed by atoms with Crippen LogP contribution in [-0.2, 0) is 25.7 Å². The average molecular weight is 833 g/mol. The Balaban J connectivity index is 1.65. The molecule has 0 bridgehead atoms. The Bertz CT molecular complexity index is 2130. The third-order valence-corrected chi connectivity index (χ3v) is 9.38. The van der Waals surface area contributed by atoms with Crippen LogP contribution in [0.5, 0.6) is 23.0 Å². The summed E-state index contributed by atoms with van der Waals surface area (Å²) in [5.41, 5.74) is 2.31. The number of thiazole rings is 1. The predicted molar refractivity (Wildman–Crippen MR) is 197 cm³/mol. The molecule has 5 rings (SSSR count). The van der Waals surface area contributed by atoms with Gasteiger partial charge < -0.3 is 28.4 Å². The molecule has 0 spiro atoms. The number of benzene rings is 3. The van der Waals surface area contributed by atoms with Crippen molar-refractivity contribution < 1.29 is 38.0 Å². The average Bonchev–Trinajstić information content (AvgIpc) is 3.40. The molecule has 0 aliphatic carbocycles. The Kier molecular flexibility index (Phi) is 12.2. The van der Waals surface area contributed by atoms with E-state index >= 15 is 0 Å². The highest BCUT2D eigenvalue weighted by Crippen LogP contribution is 2.37. The molecule has 2 heterocycles. The maximum Gasteiger partial charge on any atom is 0.343 e. The Labute approximate surface area is 310 Å². The number of hydrogen-bond donors (Lipinski definition) is 0. The molecule has 1 aliphatic rings. The fraction of sp³-hybridized carbons (Fsp3) is 0.278. The van der Waals surface area contributed by atoms with Crippen molar-refractivity contribution in [2.24, 2.45) is 4.99 Å². The lowest BCUT2D eigenvalue weighted by molar-refractivity contribution is -0.143. The number of fused-ring (bicyclic) bond motifs is 1. The van der Waals surface area contributed by atoms with Gasteiger partial charge in [0.15, 0.2) is 34.4 Å². The zero-order valence-electron chi connectivity index (χ0n) is 27.9. The van der Waals surface area contributed by atoms with E-state index in [0.717, 1.165) is 9.13 Å². The zero-order valence-corrected chi connectivity index (χ0v) is 31.6. The van der Waals surface area contributed by atoms with E-state index in [1.54, 1.807) is 64.3 Å². The molecular weight excluding hydrogens is 799 g/mol. The van der Waals surface area contributed by atoms with Gasteiger partial charge in [-0.05, 0) is 97.0 Å². The molecule has 14 heteroatoms. The summed E-state index contributed by atoms with van der Waals surface area (Å²) >= 11 is 9.43. The fourth-order valence-electron chi connectivity index (χ4n) is 5.26. The van der Waals surface area contributed by atoms with Crippen molar-refractivity contribution in [1.29, 1.82) is 0 Å². The van der Waals surface area contributed by atoms with Gasteiger partial charge in [0.1, 0.15) is 6.61 Å². The van der Waals surface area contributed by atoms with E-state index in [4.69, 9.17) is 40.0 Å². The minimum Gasteiger partial charge on any atom is -0.493 e. The quantitative estimate of drug-likeness (QED) is 0.125. The topological polar surface area (TPSA) is 124 Å². The third-order valence-electron chi connectivity index (χ3n) is 7.52. The maximum atomic E-state index is 14.4. The number of ether oxygens (including phenoxy) is 6. The van der Waals surface area contributed by atoms with E-state index in [1.165, 1.54) is 23.0 Å². The lowest BCUT2D eigenvalue weighted by Crippen LogP contribution is -2.40. The number of aromatic nitrogens is 1. The van der Waals surface area contributed by atoms with Crippen molar-refractivity contribution in [2.75, 3.05) is 34.0 Å². The van der Waals surface area contributed by atoms with Crippen LogP contribution in [-0.4, -0.2) is 50.5 Å². The van der Waals surface area contributed by atoms with E-state index in [1.807, 2.05) is 24.3 Å². The number of allylic oxidation sites excluding steroid dienone is 1. The summed E-state index contributed by atoms with van der Waals surface area (Å²) in [6.07, 6.45) is 1.74. The summed E-state index contributed by atoms with van der Waals surface area (Å²) < 4.78 is 36.3. The van der Waals surface area contributed by atoms with Crippen molar-refractivity contribution in [3.8, 4) is 23.0 Å². The molecule has 0 fully saturated rings. The SMILES string of the molecule is CCOC(=O)C1=C(C)N=c2s/c(=C/c3cc(I)cc(OC)c3OCc3ccc(Cl)cc3)c(=O)n2[C@H]1c1ccc(OCC(=O)OC)c(OCC)c1. The number of hydrogen-bond acceptors (Lipinski definition) is 11. The molecule has 0 N–H and O–H groups in total. The van der Waals surface area contributed by atoms with E-state index in [2.05, 4.69) is 27.6 Å². The van der Waals surface area contributed by atoms with Gasteiger partial charge in [-0.3, -0.25) is 9.36 Å². The summed E-state index contributed by atoms with van der Waals surface area (Å²) in [6, 6.07) is 15.2. The standard InChI is InChI=1S/C36H34ClIN2O9S/c1-6-46-27-15-22(10-13-26(27)48-19-30(41)45-5)32-31(35(43)47-7-2)20(3)39-36-40(32)34(42)29(50-36)16-23-14-25(38)17-28(44-4)33(23)49-18-21-8-11-24(37)12-9-21/h8-17,32H,6-7,18-19H2,1-5H3/b29-16+/t32-/m0/s1. The van der Waals surface area contributed by atoms with Crippen LogP contribution in [0.3, 0.4) is 0 Å². The lowest BCUT2D eigenvalue weighted by atomic mass is 9.95. The minimum absolute atomic E-state index is 0.129. The number of rotatable bonds is 13. The van der Waals surface area contributed by atoms with Crippen LogP contribution >= 0.6 is 45.5 Å². The Morgan fingerprint density at radius 3 is 2.42 bits per heavy atom. The second kappa shape index (κ2) is 16.6. The molecule has 0 unspecified atom stereocenters. The third kappa shape index (κ3) is 8.16. The van der Waals surface area contributed by atoms with Crippen molar-refractivity contribution >= 4 is 63.5 Å². The fourth-order valence-corrected chi connectivity index (χ4v) is 7.05. The van der Waals surface area contributed by atoms with E-state index < -0.39 is 18.0 Å². The van der Waals surface area contributed by atoms with Gasteiger partial charge in [0, 0.05) is 14.2 Å². The molecule has 1 aromatic heterocycles. The summed E-state index contributed by atoms with van der Waals surface area (Å²) in [7, 11) is 2.82. The number of esters is 2. The first kappa shape index (κ1) is 36.9. The normalized spacial score (nSPS) is 14.1. The zero-order chi connectivity index (χ0) is 35.9. The highest BCUT2D eigenvalue weighted by Gasteiger charge is 2.34. The predicted octanol–water partition coefficient (Wildman–Crippen LogP) is 5.59. The van der Waals surface area contributed by atoms with E-state index in [0.29, 0.717) is 60.8 Å². The summed E-state index contributed by atoms with van der Waals surface area (Å²) in [6.45, 7) is 5.56. The summed E-state index contributed by atoms with van der Waals surface area (Å²) in [4.78, 5) is 44.7. The van der Waals surface area contributed by atoms with Crippen LogP contribution < -0.4 is 33.8 Å². The van der Waals surface area contributed by atoms with Crippen molar-refractivity contribution in [1.82, 2.24) is 4.57 Å². The Morgan fingerprint density at radius 2 is 1.74 bits per heavy atom. The Morgan fingerprint density at radius 1 is 0.980 bits per heavy atom. The van der Waals surface area contributed by atoms with Gasteiger partial charge in [-0.1, -0.05) is 41.1 Å². The summed E-state index contributed by atoms with van der Waals surface area (Å²) in [5.74, 6) is 0.417. The highest BCUT2D eigenvalue weighted by molar-refractivity contribution is 14.1. The van der Waals surface area contributed by atoms with Gasteiger partial charge in [0.05, 0.1) is 49.3 Å². The van der Waals surface area contributed by atoms with Crippen LogP contribution in [0.25, 0.3) is 6.08 Å². The molecule has 0 amide bonds. The maximum absolute atomic E-state index is 14.4. The van der Waals surface area contributed by atoms with Crippen LogP contribution in [0.4, 0.5) is 0 Å². The van der Waals surface area contributed by atoms with Crippen LogP contribution in [0, 0.1) is 3.57 Å². The molecule has 4 aromatic rings. The van der Waals surface area contributed by atoms with Gasteiger partial charge in [-0.15, -0.1) is 0 Å². The molecule has 0 saturated carbocycles. The van der Waals surface area contributed by atoms with Crippen molar-refractivity contribution in [3.05, 3.63) is 111 Å². The number of nitrogens with zero attached hydrogens (tertiary/aromatic N) is 2. The van der Waals surface area contributed by atoms with Gasteiger partial charge in [-0.25, -0.2) is 14.6 Å². The monoisotopic (exact) mass is 832 g/mol. The lowest BCUT2D eigenvalue weighted by Gasteiger charge is -2.25. The minimum atomic E-state index is -0.910. The number of halogens is 2. The first-order valence-corrected chi connectivity index (χ1v) is 17.8. The van der Waals surface area contributed by atoms with Gasteiger partial charge in [0.2, 0.25) is 0 Å². The largest absolute Gasteiger partial charge is 0.493 e. The molecule has 1 aliphatic heterocycles. The highest BCUT2D eigenvalue weighted by atomic mass is 127. The first-order valence-electron chi connectivity index (χ1n) is 15.5. The smallest absolute Gasteiger partial charge is 0.343 e. The number of carbonyl (C=O) groups excluding carboxylic acids is 2. The number of methoxy groups -OCH3 is 2. The van der Waals surface area contributed by atoms with Gasteiger partial charge >= 0.3 is 11.9 Å². The Hall–Kier alpha value is -4.34. The number of carbonyl (C=O) groups is 2. The van der Waals surface area contributed by atoms with Gasteiger partial charge in [-0.2, -0.15) is 0 Å². The summed E-state index contributed by atoms with van der Waals surface area (Å²) in [5, 5.41) is 0.619. The molecule has 0 radical (unpaired) electrons. The molecule has 3 aromatic carbocycles. The second-order valence-electron chi connectivity index (χ2n) is 10.7. The van der Waals surface area contributed by atoms with E-state index in [-0.39, 0.29) is 31.0 Å². The van der Waals surface area contributed by atoms with Crippen molar-refractivity contribution in [3.63, 3.8) is 0 Å². The molecule has 262 valence electrons. The molecule has 1 atom stereocenters. The molecular formula is C36H34ClIN2O9S. The van der Waals surface area contributed by atoms with Crippen molar-refractivity contribution in [2.45, 2.75) is 33.4 Å². The second-order valence-corrected chi connectivity index (χ2v) is 13.4. The molecule has 11 nitrogen and oxygen atoms in total. The van der Waals surface area contributed by atoms with Crippen LogP contribution in [0.2, 0.25) is 5.02 Å². The first-order chi connectivity index (χ1) is 24.1. The van der Waals surface area contributed by atoms with E-state index in [9.17, 15) is 14.4 Å². The molecule has 50 heavy (non-hydrogen) atoms. The van der Waals surface area contributed by atoms with Crippen LogP contribution in [0.1, 0.15) is 43.5 Å². The molecule has 0 saturated heterocycles. The van der Waals surface area contributed by atoms with Gasteiger partial charge in [0.25, 0.3) is 5.56 Å². The van der Waals surface area contributed by atoms with Crippen LogP contribution in [0.15, 0.2) is 75.7 Å².